The topological polar surface area (TPSA) is 65.3 Å². The molecule has 0 amide bonds. The standard InChI is InChI=1S/C8H10N2O3/c1-2-6-13-7-4-3-5-9-8(7)10(11)12/h3-5H,2,6H2,1H3. The van der Waals surface area contributed by atoms with Crippen molar-refractivity contribution in [3.05, 3.63) is 28.4 Å². The van der Waals surface area contributed by atoms with E-state index in [0.29, 0.717) is 6.61 Å². The minimum atomic E-state index is -0.551. The van der Waals surface area contributed by atoms with Crippen molar-refractivity contribution in [2.24, 2.45) is 0 Å². The van der Waals surface area contributed by atoms with Gasteiger partial charge in [-0.25, -0.2) is 0 Å². The molecule has 13 heavy (non-hydrogen) atoms. The first kappa shape index (κ1) is 9.44. The summed E-state index contributed by atoms with van der Waals surface area (Å²) < 4.78 is 5.14. The molecule has 0 bridgehead atoms. The fraction of sp³-hybridized carbons (Fsp3) is 0.375. The van der Waals surface area contributed by atoms with Crippen LogP contribution in [0, 0.1) is 10.1 Å². The zero-order valence-electron chi connectivity index (χ0n) is 7.27. The number of nitro groups is 1. The third kappa shape index (κ3) is 2.40. The minimum Gasteiger partial charge on any atom is -0.486 e. The minimum absolute atomic E-state index is 0.226. The van der Waals surface area contributed by atoms with Crippen LogP contribution >= 0.6 is 0 Å². The van der Waals surface area contributed by atoms with Gasteiger partial charge in [0.15, 0.2) is 0 Å². The lowest BCUT2D eigenvalue weighted by Gasteiger charge is -2.03. The third-order valence-corrected chi connectivity index (χ3v) is 1.39. The van der Waals surface area contributed by atoms with Gasteiger partial charge < -0.3 is 14.9 Å². The van der Waals surface area contributed by atoms with Gasteiger partial charge in [0.2, 0.25) is 5.75 Å². The van der Waals surface area contributed by atoms with E-state index in [0.717, 1.165) is 6.42 Å². The van der Waals surface area contributed by atoms with E-state index >= 15 is 0 Å². The molecular weight excluding hydrogens is 172 g/mol. The van der Waals surface area contributed by atoms with Gasteiger partial charge in [0.25, 0.3) is 0 Å². The first-order valence-electron chi connectivity index (χ1n) is 3.98. The van der Waals surface area contributed by atoms with Gasteiger partial charge in [-0.1, -0.05) is 6.92 Å². The molecule has 0 aliphatic rings. The van der Waals surface area contributed by atoms with E-state index in [1.807, 2.05) is 6.92 Å². The third-order valence-electron chi connectivity index (χ3n) is 1.39. The Hall–Kier alpha value is -1.65. The summed E-state index contributed by atoms with van der Waals surface area (Å²) in [6.45, 7) is 2.40. The molecule has 1 rings (SSSR count). The fourth-order valence-corrected chi connectivity index (χ4v) is 0.844. The Kier molecular flexibility index (Phi) is 3.19. The summed E-state index contributed by atoms with van der Waals surface area (Å²) >= 11 is 0. The zero-order chi connectivity index (χ0) is 9.68. The van der Waals surface area contributed by atoms with E-state index in [1.54, 1.807) is 12.1 Å². The molecule has 5 heteroatoms. The van der Waals surface area contributed by atoms with E-state index < -0.39 is 4.92 Å². The average Bonchev–Trinajstić information content (AvgIpc) is 2.15. The van der Waals surface area contributed by atoms with Crippen molar-refractivity contribution in [2.75, 3.05) is 6.61 Å². The normalized spacial score (nSPS) is 9.62. The van der Waals surface area contributed by atoms with Gasteiger partial charge in [-0.3, -0.25) is 0 Å². The number of rotatable bonds is 4. The number of ether oxygens (including phenoxy) is 1. The lowest BCUT2D eigenvalue weighted by molar-refractivity contribution is -0.390. The van der Waals surface area contributed by atoms with Crippen LogP contribution < -0.4 is 4.74 Å². The molecule has 0 fully saturated rings. The number of hydrogen-bond acceptors (Lipinski definition) is 4. The number of hydrogen-bond donors (Lipinski definition) is 0. The summed E-state index contributed by atoms with van der Waals surface area (Å²) in [5.74, 6) is 0.00491. The second-order valence-electron chi connectivity index (χ2n) is 2.43. The SMILES string of the molecule is CCCOc1cccnc1[N+](=O)[O-]. The van der Waals surface area contributed by atoms with Crippen molar-refractivity contribution in [3.63, 3.8) is 0 Å². The van der Waals surface area contributed by atoms with Gasteiger partial charge >= 0.3 is 5.82 Å². The van der Waals surface area contributed by atoms with Crippen LogP contribution in [0.3, 0.4) is 0 Å². The number of nitrogens with zero attached hydrogens (tertiary/aromatic N) is 2. The van der Waals surface area contributed by atoms with Crippen LogP contribution in [-0.4, -0.2) is 16.5 Å². The summed E-state index contributed by atoms with van der Waals surface area (Å²) in [5.41, 5.74) is 0. The molecule has 0 unspecified atom stereocenters. The van der Waals surface area contributed by atoms with Crippen molar-refractivity contribution in [1.29, 1.82) is 0 Å². The highest BCUT2D eigenvalue weighted by Gasteiger charge is 2.14. The molecule has 0 radical (unpaired) electrons. The Morgan fingerprint density at radius 2 is 2.46 bits per heavy atom. The van der Waals surface area contributed by atoms with Gasteiger partial charge in [0, 0.05) is 0 Å². The van der Waals surface area contributed by atoms with Gasteiger partial charge in [0.05, 0.1) is 6.61 Å². The maximum absolute atomic E-state index is 10.4. The first-order valence-corrected chi connectivity index (χ1v) is 3.98. The van der Waals surface area contributed by atoms with Crippen LogP contribution in [0.5, 0.6) is 5.75 Å². The Balaban J connectivity index is 2.84. The smallest absolute Gasteiger partial charge is 0.406 e. The van der Waals surface area contributed by atoms with Gasteiger partial charge in [-0.2, -0.15) is 0 Å². The molecule has 1 aromatic heterocycles. The molecule has 0 aromatic carbocycles. The lowest BCUT2D eigenvalue weighted by atomic mass is 10.4. The van der Waals surface area contributed by atoms with Gasteiger partial charge in [-0.05, 0) is 28.5 Å². The number of aromatic nitrogens is 1. The summed E-state index contributed by atoms with van der Waals surface area (Å²) in [4.78, 5) is 13.5. The van der Waals surface area contributed by atoms with E-state index in [4.69, 9.17) is 4.74 Å². The van der Waals surface area contributed by atoms with E-state index in [-0.39, 0.29) is 11.6 Å². The maximum Gasteiger partial charge on any atom is 0.406 e. The molecule has 0 atom stereocenters. The Labute approximate surface area is 75.5 Å². The van der Waals surface area contributed by atoms with Crippen LogP contribution in [0.4, 0.5) is 5.82 Å². The molecule has 0 saturated carbocycles. The van der Waals surface area contributed by atoms with Crippen LogP contribution in [-0.2, 0) is 0 Å². The Bertz CT molecular complexity index is 301. The maximum atomic E-state index is 10.4. The largest absolute Gasteiger partial charge is 0.486 e. The summed E-state index contributed by atoms with van der Waals surface area (Å²) in [6, 6.07) is 3.15. The summed E-state index contributed by atoms with van der Waals surface area (Å²) in [5, 5.41) is 10.4. The van der Waals surface area contributed by atoms with Crippen molar-refractivity contribution in [1.82, 2.24) is 4.98 Å². The zero-order valence-corrected chi connectivity index (χ0v) is 7.27. The highest BCUT2D eigenvalue weighted by molar-refractivity contribution is 5.38. The van der Waals surface area contributed by atoms with Crippen molar-refractivity contribution in [2.45, 2.75) is 13.3 Å². The lowest BCUT2D eigenvalue weighted by Crippen LogP contribution is -2.00. The van der Waals surface area contributed by atoms with Crippen molar-refractivity contribution in [3.8, 4) is 5.75 Å². The molecule has 0 aliphatic heterocycles. The highest BCUT2D eigenvalue weighted by atomic mass is 16.6. The molecule has 1 aromatic rings. The molecule has 0 saturated heterocycles. The quantitative estimate of drug-likeness (QED) is 0.525. The summed E-state index contributed by atoms with van der Waals surface area (Å²) in [6.07, 6.45) is 2.18. The fourth-order valence-electron chi connectivity index (χ4n) is 0.844. The first-order chi connectivity index (χ1) is 6.25. The highest BCUT2D eigenvalue weighted by Crippen LogP contribution is 2.22. The van der Waals surface area contributed by atoms with Crippen LogP contribution in [0.2, 0.25) is 0 Å². The van der Waals surface area contributed by atoms with Gasteiger partial charge in [-0.15, -0.1) is 0 Å². The molecule has 0 aliphatic carbocycles. The van der Waals surface area contributed by atoms with Crippen LogP contribution in [0.15, 0.2) is 18.3 Å². The molecule has 70 valence electrons. The van der Waals surface area contributed by atoms with Crippen molar-refractivity contribution < 1.29 is 9.66 Å². The Morgan fingerprint density at radius 1 is 1.69 bits per heavy atom. The monoisotopic (exact) mass is 182 g/mol. The van der Waals surface area contributed by atoms with E-state index in [9.17, 15) is 10.1 Å². The number of pyridine rings is 1. The van der Waals surface area contributed by atoms with Crippen molar-refractivity contribution >= 4 is 5.82 Å². The second kappa shape index (κ2) is 4.39. The molecule has 0 spiro atoms. The van der Waals surface area contributed by atoms with E-state index in [2.05, 4.69) is 4.98 Å². The molecular formula is C8H10N2O3. The van der Waals surface area contributed by atoms with Crippen LogP contribution in [0.1, 0.15) is 13.3 Å². The predicted molar refractivity (Wildman–Crippen MR) is 46.7 cm³/mol. The Morgan fingerprint density at radius 3 is 3.08 bits per heavy atom. The molecule has 1 heterocycles. The van der Waals surface area contributed by atoms with E-state index in [1.165, 1.54) is 6.20 Å². The second-order valence-corrected chi connectivity index (χ2v) is 2.43. The predicted octanol–water partition coefficient (Wildman–Crippen LogP) is 1.78. The molecule has 5 nitrogen and oxygen atoms in total. The van der Waals surface area contributed by atoms with Crippen LogP contribution in [0.25, 0.3) is 0 Å². The summed E-state index contributed by atoms with van der Waals surface area (Å²) in [7, 11) is 0. The molecule has 0 N–H and O–H groups in total. The average molecular weight is 182 g/mol. The van der Waals surface area contributed by atoms with Gasteiger partial charge in [0.1, 0.15) is 6.20 Å².